The Kier molecular flexibility index (Phi) is 4.91. The van der Waals surface area contributed by atoms with E-state index in [4.69, 9.17) is 4.74 Å². The van der Waals surface area contributed by atoms with Gasteiger partial charge in [-0.1, -0.05) is 30.3 Å². The highest BCUT2D eigenvalue weighted by molar-refractivity contribution is 5.74. The molecule has 120 valence electrons. The molecule has 1 N–H and O–H groups in total. The summed E-state index contributed by atoms with van der Waals surface area (Å²) in [4.78, 5) is 13.8. The molecule has 4 heteroatoms. The van der Waals surface area contributed by atoms with E-state index in [1.165, 1.54) is 5.57 Å². The van der Waals surface area contributed by atoms with Crippen molar-refractivity contribution in [3.63, 3.8) is 0 Å². The highest BCUT2D eigenvalue weighted by Crippen LogP contribution is 2.29. The molecule has 4 nitrogen and oxygen atoms in total. The Labute approximate surface area is 132 Å². The summed E-state index contributed by atoms with van der Waals surface area (Å²) in [5.74, 6) is 0. The Balaban J connectivity index is 2.11. The predicted molar refractivity (Wildman–Crippen MR) is 87.5 cm³/mol. The van der Waals surface area contributed by atoms with Crippen LogP contribution < -0.4 is 0 Å². The zero-order valence-electron chi connectivity index (χ0n) is 13.8. The summed E-state index contributed by atoms with van der Waals surface area (Å²) in [7, 11) is 0. The summed E-state index contributed by atoms with van der Waals surface area (Å²) in [6, 6.07) is 7.88. The number of nitrogens with zero attached hydrogens (tertiary/aromatic N) is 1. The van der Waals surface area contributed by atoms with Crippen molar-refractivity contribution in [2.75, 3.05) is 13.1 Å². The van der Waals surface area contributed by atoms with Crippen molar-refractivity contribution in [1.82, 2.24) is 4.90 Å². The van der Waals surface area contributed by atoms with Gasteiger partial charge in [0.25, 0.3) is 0 Å². The first-order chi connectivity index (χ1) is 10.3. The second-order valence-electron chi connectivity index (χ2n) is 6.67. The molecule has 0 bridgehead atoms. The Morgan fingerprint density at radius 2 is 2.00 bits per heavy atom. The van der Waals surface area contributed by atoms with E-state index in [-0.39, 0.29) is 6.09 Å². The Morgan fingerprint density at radius 3 is 2.55 bits per heavy atom. The lowest BCUT2D eigenvalue weighted by Gasteiger charge is -2.30. The van der Waals surface area contributed by atoms with E-state index in [1.54, 1.807) is 11.8 Å². The van der Waals surface area contributed by atoms with Crippen LogP contribution in [0.1, 0.15) is 51.3 Å². The molecule has 1 aliphatic rings. The van der Waals surface area contributed by atoms with Gasteiger partial charge in [0.1, 0.15) is 5.60 Å². The molecule has 1 heterocycles. The number of ether oxygens (including phenoxy) is 1. The molecule has 1 aromatic carbocycles. The lowest BCUT2D eigenvalue weighted by Crippen LogP contribution is -2.39. The van der Waals surface area contributed by atoms with Gasteiger partial charge < -0.3 is 14.7 Å². The van der Waals surface area contributed by atoms with Crippen LogP contribution in [0.15, 0.2) is 30.3 Å². The lowest BCUT2D eigenvalue weighted by molar-refractivity contribution is 0.0270. The average molecular weight is 303 g/mol. The van der Waals surface area contributed by atoms with Gasteiger partial charge in [-0.25, -0.2) is 4.79 Å². The quantitative estimate of drug-likeness (QED) is 0.905. The molecule has 0 fully saturated rings. The van der Waals surface area contributed by atoms with Crippen LogP contribution in [0.4, 0.5) is 4.79 Å². The number of hydrogen-bond acceptors (Lipinski definition) is 3. The number of rotatable bonds is 2. The summed E-state index contributed by atoms with van der Waals surface area (Å²) in [6.07, 6.45) is 2.05. The Morgan fingerprint density at radius 1 is 1.32 bits per heavy atom. The maximum Gasteiger partial charge on any atom is 0.410 e. The first-order valence-electron chi connectivity index (χ1n) is 7.72. The number of benzene rings is 1. The first kappa shape index (κ1) is 16.6. The normalized spacial score (nSPS) is 17.0. The van der Waals surface area contributed by atoms with Gasteiger partial charge in [0.15, 0.2) is 0 Å². The molecular formula is C18H25NO3. The van der Waals surface area contributed by atoms with Crippen molar-refractivity contribution >= 4 is 11.7 Å². The summed E-state index contributed by atoms with van der Waals surface area (Å²) >= 11 is 0. The minimum absolute atomic E-state index is 0.272. The molecule has 0 radical (unpaired) electrons. The van der Waals surface area contributed by atoms with E-state index in [0.717, 1.165) is 17.5 Å². The number of hydrogen-bond donors (Lipinski definition) is 1. The van der Waals surface area contributed by atoms with E-state index in [2.05, 4.69) is 6.08 Å². The van der Waals surface area contributed by atoms with Crippen molar-refractivity contribution in [2.24, 2.45) is 0 Å². The summed E-state index contributed by atoms with van der Waals surface area (Å²) < 4.78 is 5.40. The SMILES string of the molecule is CC(O)c1ccccc1C1=CCN(C(=O)OC(C)(C)C)CC1. The maximum absolute atomic E-state index is 12.1. The summed E-state index contributed by atoms with van der Waals surface area (Å²) in [5.41, 5.74) is 2.71. The standard InChI is InChI=1S/C18H25NO3/c1-13(20)15-7-5-6-8-16(15)14-9-11-19(12-10-14)17(21)22-18(2,3)4/h5-9,13,20H,10-12H2,1-4H3. The number of amides is 1. The molecule has 0 saturated carbocycles. The zero-order chi connectivity index (χ0) is 16.3. The molecule has 0 spiro atoms. The monoisotopic (exact) mass is 303 g/mol. The maximum atomic E-state index is 12.1. The van der Waals surface area contributed by atoms with Gasteiger partial charge >= 0.3 is 6.09 Å². The number of carbonyl (C=O) groups is 1. The molecule has 1 aromatic rings. The van der Waals surface area contributed by atoms with Gasteiger partial charge in [-0.2, -0.15) is 0 Å². The van der Waals surface area contributed by atoms with Gasteiger partial charge in [-0.15, -0.1) is 0 Å². The Hall–Kier alpha value is -1.81. The van der Waals surface area contributed by atoms with E-state index < -0.39 is 11.7 Å². The molecule has 1 aliphatic heterocycles. The van der Waals surface area contributed by atoms with Crippen LogP contribution in [-0.2, 0) is 4.74 Å². The van der Waals surface area contributed by atoms with Crippen LogP contribution in [0.2, 0.25) is 0 Å². The zero-order valence-corrected chi connectivity index (χ0v) is 13.8. The molecular weight excluding hydrogens is 278 g/mol. The fraction of sp³-hybridized carbons (Fsp3) is 0.500. The summed E-state index contributed by atoms with van der Waals surface area (Å²) in [6.45, 7) is 8.56. The average Bonchev–Trinajstić information content (AvgIpc) is 2.45. The van der Waals surface area contributed by atoms with E-state index in [0.29, 0.717) is 13.1 Å². The van der Waals surface area contributed by atoms with Crippen molar-refractivity contribution < 1.29 is 14.6 Å². The van der Waals surface area contributed by atoms with Gasteiger partial charge in [0.05, 0.1) is 6.10 Å². The smallest absolute Gasteiger partial charge is 0.410 e. The summed E-state index contributed by atoms with van der Waals surface area (Å²) in [5, 5.41) is 9.89. The van der Waals surface area contributed by atoms with Gasteiger partial charge in [-0.3, -0.25) is 0 Å². The van der Waals surface area contributed by atoms with Crippen molar-refractivity contribution in [1.29, 1.82) is 0 Å². The minimum Gasteiger partial charge on any atom is -0.444 e. The lowest BCUT2D eigenvalue weighted by atomic mass is 9.93. The number of aliphatic hydroxyl groups is 1. The van der Waals surface area contributed by atoms with E-state index >= 15 is 0 Å². The van der Waals surface area contributed by atoms with Gasteiger partial charge in [-0.05, 0) is 50.8 Å². The molecule has 1 amide bonds. The van der Waals surface area contributed by atoms with Gasteiger partial charge in [0, 0.05) is 13.1 Å². The van der Waals surface area contributed by atoms with E-state index in [9.17, 15) is 9.90 Å². The largest absolute Gasteiger partial charge is 0.444 e. The topological polar surface area (TPSA) is 49.8 Å². The number of aliphatic hydroxyl groups excluding tert-OH is 1. The third kappa shape index (κ3) is 4.10. The Bertz CT molecular complexity index is 570. The molecule has 22 heavy (non-hydrogen) atoms. The fourth-order valence-corrected chi connectivity index (χ4v) is 2.56. The second kappa shape index (κ2) is 6.53. The predicted octanol–water partition coefficient (Wildman–Crippen LogP) is 3.76. The third-order valence-electron chi connectivity index (χ3n) is 3.62. The van der Waals surface area contributed by atoms with Crippen LogP contribution >= 0.6 is 0 Å². The minimum atomic E-state index is -0.499. The first-order valence-corrected chi connectivity index (χ1v) is 7.72. The highest BCUT2D eigenvalue weighted by Gasteiger charge is 2.24. The van der Waals surface area contributed by atoms with Crippen LogP contribution in [0, 0.1) is 0 Å². The van der Waals surface area contributed by atoms with Crippen molar-refractivity contribution in [3.8, 4) is 0 Å². The highest BCUT2D eigenvalue weighted by atomic mass is 16.6. The third-order valence-corrected chi connectivity index (χ3v) is 3.62. The van der Waals surface area contributed by atoms with Crippen LogP contribution in [0.5, 0.6) is 0 Å². The molecule has 1 atom stereocenters. The van der Waals surface area contributed by atoms with Crippen LogP contribution in [0.3, 0.4) is 0 Å². The fourth-order valence-electron chi connectivity index (χ4n) is 2.56. The van der Waals surface area contributed by atoms with Crippen molar-refractivity contribution in [2.45, 2.75) is 45.8 Å². The molecule has 1 unspecified atom stereocenters. The molecule has 0 saturated heterocycles. The molecule has 0 aromatic heterocycles. The second-order valence-corrected chi connectivity index (χ2v) is 6.67. The van der Waals surface area contributed by atoms with Crippen LogP contribution in [0.25, 0.3) is 5.57 Å². The molecule has 0 aliphatic carbocycles. The van der Waals surface area contributed by atoms with Crippen LogP contribution in [-0.4, -0.2) is 34.8 Å². The van der Waals surface area contributed by atoms with Gasteiger partial charge in [0.2, 0.25) is 0 Å². The van der Waals surface area contributed by atoms with E-state index in [1.807, 2.05) is 45.0 Å². The van der Waals surface area contributed by atoms with Crippen molar-refractivity contribution in [3.05, 3.63) is 41.5 Å². The molecule has 2 rings (SSSR count). The number of carbonyl (C=O) groups excluding carboxylic acids is 1.